The minimum Gasteiger partial charge on any atom is -0.769 e. The molecule has 0 rings (SSSR count). The van der Waals surface area contributed by atoms with Crippen molar-refractivity contribution in [3.8, 4) is 0 Å². The Balaban J connectivity index is 5.19. The van der Waals surface area contributed by atoms with E-state index in [1.165, 1.54) is 22.6 Å². The van der Waals surface area contributed by atoms with Crippen LogP contribution in [0.15, 0.2) is 4.99 Å². The Labute approximate surface area is 88.0 Å². The molecule has 0 fully saturated rings. The molecule has 0 aliphatic heterocycles. The number of nitrogens with two attached hydrogens (primary N) is 4. The predicted molar refractivity (Wildman–Crippen MR) is 56.0 cm³/mol. The predicted octanol–water partition coefficient (Wildman–Crippen LogP) is -2.45. The number of hydrazine groups is 1. The molecular formula is C4H10IN6O2-. The quantitative estimate of drug-likeness (QED) is 0.112. The molecule has 0 bridgehead atoms. The molecule has 0 amide bonds. The van der Waals surface area contributed by atoms with Crippen molar-refractivity contribution in [2.24, 2.45) is 28.0 Å². The normalized spacial score (nSPS) is 16.8. The highest BCUT2D eigenvalue weighted by Gasteiger charge is 2.48. The van der Waals surface area contributed by atoms with Gasteiger partial charge in [-0.1, -0.05) is 0 Å². The minimum atomic E-state index is -2.27. The molecule has 0 spiro atoms. The number of nitrogens with zero attached hydrogens (tertiary/aromatic N) is 2. The van der Waals surface area contributed by atoms with Gasteiger partial charge in [-0.15, -0.1) is 0 Å². The van der Waals surface area contributed by atoms with Gasteiger partial charge in [-0.2, -0.15) is 0 Å². The van der Waals surface area contributed by atoms with Gasteiger partial charge in [-0.05, 0) is 6.72 Å². The van der Waals surface area contributed by atoms with E-state index in [0.717, 1.165) is 0 Å². The van der Waals surface area contributed by atoms with Gasteiger partial charge in [0.2, 0.25) is 9.58 Å². The van der Waals surface area contributed by atoms with Gasteiger partial charge in [0.25, 0.3) is 0 Å². The Bertz CT molecular complexity index is 231. The van der Waals surface area contributed by atoms with Crippen LogP contribution < -0.4 is 23.0 Å². The number of carbonyl (C=O) groups is 1. The van der Waals surface area contributed by atoms with Crippen LogP contribution in [0.4, 0.5) is 0 Å². The Kier molecular flexibility index (Phi) is 3.86. The average molecular weight is 301 g/mol. The van der Waals surface area contributed by atoms with Gasteiger partial charge in [-0.3, -0.25) is 26.5 Å². The van der Waals surface area contributed by atoms with Crippen molar-refractivity contribution in [2.45, 2.75) is 11.4 Å². The maximum absolute atomic E-state index is 10.9. The zero-order valence-electron chi connectivity index (χ0n) is 6.61. The van der Waals surface area contributed by atoms with Gasteiger partial charge in [-0.25, -0.2) is 0 Å². The molecule has 76 valence electrons. The lowest BCUT2D eigenvalue weighted by Gasteiger charge is -2.46. The number of hydrogen-bond acceptors (Lipinski definition) is 8. The number of hydrogen-bond donors (Lipinski definition) is 4. The first kappa shape index (κ1) is 12.8. The molecule has 8 nitrogen and oxygen atoms in total. The summed E-state index contributed by atoms with van der Waals surface area (Å²) >= 11 is 1.29. The maximum atomic E-state index is 10.9. The molecule has 9 heteroatoms. The van der Waals surface area contributed by atoms with E-state index in [1.807, 2.05) is 0 Å². The summed E-state index contributed by atoms with van der Waals surface area (Å²) in [6.07, 6.45) is 0. The van der Waals surface area contributed by atoms with Crippen molar-refractivity contribution in [3.05, 3.63) is 5.21 Å². The van der Waals surface area contributed by atoms with Crippen molar-refractivity contribution in [2.75, 3.05) is 0 Å². The van der Waals surface area contributed by atoms with Crippen molar-refractivity contribution < 1.29 is 4.79 Å². The Hall–Kier alpha value is -0.170. The second-order valence-corrected chi connectivity index (χ2v) is 3.33. The summed E-state index contributed by atoms with van der Waals surface area (Å²) in [4.78, 5) is 14.1. The number of halogens is 1. The highest BCUT2D eigenvalue weighted by atomic mass is 127. The average Bonchev–Trinajstić information content (AvgIpc) is 2.01. The van der Waals surface area contributed by atoms with Crippen molar-refractivity contribution >= 4 is 33.1 Å². The number of carbonyl (C=O) groups excluding carboxylic acids is 1. The van der Waals surface area contributed by atoms with Crippen LogP contribution in [0.5, 0.6) is 0 Å². The summed E-state index contributed by atoms with van der Waals surface area (Å²) in [5.74, 6) is 2.54. The first-order valence-electron chi connectivity index (χ1n) is 2.96. The molecule has 8 N–H and O–H groups in total. The summed E-state index contributed by atoms with van der Waals surface area (Å²) in [6, 6.07) is 0. The van der Waals surface area contributed by atoms with E-state index in [1.54, 1.807) is 0 Å². The molecule has 0 aliphatic carbocycles. The third-order valence-corrected chi connectivity index (χ3v) is 2.40. The van der Waals surface area contributed by atoms with Crippen molar-refractivity contribution in [1.82, 2.24) is 5.17 Å². The molecule has 0 aromatic carbocycles. The van der Waals surface area contributed by atoms with Crippen LogP contribution in [0.3, 0.4) is 0 Å². The third kappa shape index (κ3) is 2.01. The molecule has 0 aromatic rings. The largest absolute Gasteiger partial charge is 0.769 e. The van der Waals surface area contributed by atoms with Crippen LogP contribution in [-0.4, -0.2) is 27.1 Å². The van der Waals surface area contributed by atoms with E-state index in [0.29, 0.717) is 0 Å². The van der Waals surface area contributed by atoms with Gasteiger partial charge in [0.1, 0.15) is 0 Å². The van der Waals surface area contributed by atoms with E-state index in [-0.39, 0.29) is 5.17 Å². The molecule has 0 radical (unpaired) electrons. The van der Waals surface area contributed by atoms with E-state index in [9.17, 15) is 10.0 Å². The van der Waals surface area contributed by atoms with Gasteiger partial charge in [0.15, 0.2) is 5.66 Å². The van der Waals surface area contributed by atoms with E-state index in [2.05, 4.69) is 11.7 Å². The summed E-state index contributed by atoms with van der Waals surface area (Å²) in [6.45, 7) is 2.99. The van der Waals surface area contributed by atoms with Crippen LogP contribution >= 0.6 is 22.6 Å². The fraction of sp³-hybridized carbons (Fsp3) is 0.500. The minimum absolute atomic E-state index is 0.309. The number of hydroxylamine groups is 1. The summed E-state index contributed by atoms with van der Waals surface area (Å²) < 4.78 is -0.758. The lowest BCUT2D eigenvalue weighted by atomic mass is 10.1. The number of aliphatic imine (C=N–C) groups is 1. The zero-order valence-corrected chi connectivity index (χ0v) is 8.76. The molecule has 0 saturated heterocycles. The molecule has 0 aliphatic rings. The number of rotatable bonds is 4. The van der Waals surface area contributed by atoms with Crippen LogP contribution in [0.25, 0.3) is 0 Å². The van der Waals surface area contributed by atoms with Gasteiger partial charge >= 0.3 is 0 Å². The lowest BCUT2D eigenvalue weighted by molar-refractivity contribution is -0.118. The SMILES string of the molecule is C=NC(N)(N(N)[O-])C(N)(N)C(=O)I. The standard InChI is InChI=1S/C4H10IN6O2/c1-10-4(8,11(9)13)3(6,7)2(5)12/h1,6-9H2/q-1. The Morgan fingerprint density at radius 2 is 1.92 bits per heavy atom. The first-order chi connectivity index (χ1) is 5.70. The molecule has 1 atom stereocenters. The summed E-state index contributed by atoms with van der Waals surface area (Å²) in [7, 11) is 0. The summed E-state index contributed by atoms with van der Waals surface area (Å²) in [5.41, 5.74) is 13.7. The monoisotopic (exact) mass is 301 g/mol. The molecule has 0 saturated carbocycles. The fourth-order valence-electron chi connectivity index (χ4n) is 0.527. The van der Waals surface area contributed by atoms with Gasteiger partial charge in [0, 0.05) is 22.6 Å². The molecule has 13 heavy (non-hydrogen) atoms. The second-order valence-electron chi connectivity index (χ2n) is 2.35. The van der Waals surface area contributed by atoms with Gasteiger partial charge < -0.3 is 16.7 Å². The fourth-order valence-corrected chi connectivity index (χ4v) is 0.924. The Morgan fingerprint density at radius 1 is 1.54 bits per heavy atom. The lowest BCUT2D eigenvalue weighted by Crippen LogP contribution is -2.79. The van der Waals surface area contributed by atoms with Crippen LogP contribution in [0.2, 0.25) is 0 Å². The van der Waals surface area contributed by atoms with Crippen LogP contribution in [0.1, 0.15) is 0 Å². The first-order valence-corrected chi connectivity index (χ1v) is 4.04. The topological polar surface area (TPSA) is 160 Å². The molecule has 0 heterocycles. The Morgan fingerprint density at radius 3 is 2.00 bits per heavy atom. The highest BCUT2D eigenvalue weighted by Crippen LogP contribution is 2.18. The zero-order chi connectivity index (χ0) is 10.9. The summed E-state index contributed by atoms with van der Waals surface area (Å²) in [5, 5.41) is 10.5. The van der Waals surface area contributed by atoms with Crippen LogP contribution in [-0.2, 0) is 4.79 Å². The van der Waals surface area contributed by atoms with E-state index >= 15 is 0 Å². The van der Waals surface area contributed by atoms with Gasteiger partial charge in [0.05, 0.1) is 0 Å². The molecule has 0 aromatic heterocycles. The third-order valence-electron chi connectivity index (χ3n) is 1.51. The van der Waals surface area contributed by atoms with E-state index < -0.39 is 15.2 Å². The van der Waals surface area contributed by atoms with Crippen molar-refractivity contribution in [3.63, 3.8) is 0 Å². The van der Waals surface area contributed by atoms with E-state index in [4.69, 9.17) is 23.0 Å². The second kappa shape index (κ2) is 3.91. The highest BCUT2D eigenvalue weighted by molar-refractivity contribution is 14.1. The van der Waals surface area contributed by atoms with Crippen LogP contribution in [0, 0.1) is 5.21 Å². The maximum Gasteiger partial charge on any atom is 0.231 e. The smallest absolute Gasteiger partial charge is 0.231 e. The molecular weight excluding hydrogens is 291 g/mol. The molecule has 1 unspecified atom stereocenters. The van der Waals surface area contributed by atoms with Crippen molar-refractivity contribution in [1.29, 1.82) is 0 Å².